The number of sulfonamides is 1. The van der Waals surface area contributed by atoms with Crippen LogP contribution in [0.5, 0.6) is 0 Å². The number of piperazine rings is 1. The molecule has 0 saturated carbocycles. The predicted octanol–water partition coefficient (Wildman–Crippen LogP) is 0.870. The molecule has 1 aromatic rings. The zero-order chi connectivity index (χ0) is 21.8. The third-order valence-corrected chi connectivity index (χ3v) is 8.53. The van der Waals surface area contributed by atoms with Gasteiger partial charge in [-0.15, -0.1) is 0 Å². The molecule has 4 rings (SSSR count). The van der Waals surface area contributed by atoms with Crippen molar-refractivity contribution in [3.05, 3.63) is 29.3 Å². The molecule has 3 heterocycles. The summed E-state index contributed by atoms with van der Waals surface area (Å²) in [5.41, 5.74) is 1.29. The Morgan fingerprint density at radius 2 is 1.52 bits per heavy atom. The van der Waals surface area contributed by atoms with Crippen LogP contribution in [0, 0.1) is 6.92 Å². The number of aryl methyl sites for hydroxylation is 1. The van der Waals surface area contributed by atoms with Gasteiger partial charge in [-0.25, -0.2) is 8.42 Å². The zero-order valence-electron chi connectivity index (χ0n) is 18.5. The lowest BCUT2D eigenvalue weighted by molar-refractivity contribution is 0.0625. The molecular weight excluding hydrogens is 416 g/mol. The molecule has 0 aromatic heterocycles. The van der Waals surface area contributed by atoms with E-state index < -0.39 is 10.0 Å². The van der Waals surface area contributed by atoms with E-state index in [0.717, 1.165) is 31.7 Å². The molecule has 3 aliphatic rings. The molecule has 8 nitrogen and oxygen atoms in total. The number of benzene rings is 1. The lowest BCUT2D eigenvalue weighted by Gasteiger charge is -2.35. The Labute approximate surface area is 185 Å². The third kappa shape index (κ3) is 5.28. The van der Waals surface area contributed by atoms with Gasteiger partial charge in [0.2, 0.25) is 10.0 Å². The van der Waals surface area contributed by atoms with Crippen molar-refractivity contribution in [2.45, 2.75) is 24.7 Å². The highest BCUT2D eigenvalue weighted by atomic mass is 32.2. The second kappa shape index (κ2) is 9.95. The number of ether oxygens (including phenoxy) is 1. The first kappa shape index (κ1) is 22.7. The Morgan fingerprint density at radius 1 is 0.903 bits per heavy atom. The van der Waals surface area contributed by atoms with Crippen molar-refractivity contribution >= 4 is 15.9 Å². The average molecular weight is 451 g/mol. The first-order valence-electron chi connectivity index (χ1n) is 11.4. The lowest BCUT2D eigenvalue weighted by Crippen LogP contribution is -2.50. The van der Waals surface area contributed by atoms with E-state index in [4.69, 9.17) is 4.74 Å². The summed E-state index contributed by atoms with van der Waals surface area (Å²) in [5.74, 6) is -0.0734. The van der Waals surface area contributed by atoms with E-state index in [1.165, 1.54) is 30.2 Å². The molecule has 3 saturated heterocycles. The van der Waals surface area contributed by atoms with Crippen LogP contribution in [0.4, 0.5) is 0 Å². The molecule has 0 unspecified atom stereocenters. The van der Waals surface area contributed by atoms with Crippen molar-refractivity contribution in [1.29, 1.82) is 0 Å². The van der Waals surface area contributed by atoms with Gasteiger partial charge in [0.05, 0.1) is 18.1 Å². The van der Waals surface area contributed by atoms with Gasteiger partial charge in [-0.3, -0.25) is 9.69 Å². The number of rotatable bonds is 6. The molecule has 1 aromatic carbocycles. The molecule has 0 N–H and O–H groups in total. The number of amides is 1. The Bertz CT molecular complexity index is 871. The van der Waals surface area contributed by atoms with Crippen LogP contribution in [0.25, 0.3) is 0 Å². The van der Waals surface area contributed by atoms with Gasteiger partial charge in [-0.2, -0.15) is 4.31 Å². The SMILES string of the molecule is Cc1ccc(S(=O)(=O)N2CCOCC2)cc1C(=O)N1CCN(CCN2CCCC2)CC1. The summed E-state index contributed by atoms with van der Waals surface area (Å²) in [6.07, 6.45) is 2.61. The summed E-state index contributed by atoms with van der Waals surface area (Å²) in [6, 6.07) is 4.91. The van der Waals surface area contributed by atoms with Crippen LogP contribution < -0.4 is 0 Å². The predicted molar refractivity (Wildman–Crippen MR) is 119 cm³/mol. The van der Waals surface area contributed by atoms with Crippen molar-refractivity contribution in [2.75, 3.05) is 78.7 Å². The van der Waals surface area contributed by atoms with Gasteiger partial charge in [0, 0.05) is 57.9 Å². The van der Waals surface area contributed by atoms with Gasteiger partial charge >= 0.3 is 0 Å². The van der Waals surface area contributed by atoms with Crippen LogP contribution in [0.1, 0.15) is 28.8 Å². The number of carbonyl (C=O) groups excluding carboxylic acids is 1. The quantitative estimate of drug-likeness (QED) is 0.640. The van der Waals surface area contributed by atoms with Gasteiger partial charge in [-0.1, -0.05) is 6.07 Å². The van der Waals surface area contributed by atoms with Gasteiger partial charge in [0.15, 0.2) is 0 Å². The van der Waals surface area contributed by atoms with Gasteiger partial charge in [0.25, 0.3) is 5.91 Å². The molecule has 3 fully saturated rings. The Hall–Kier alpha value is -1.52. The molecule has 31 heavy (non-hydrogen) atoms. The van der Waals surface area contributed by atoms with Crippen LogP contribution in [-0.2, 0) is 14.8 Å². The maximum Gasteiger partial charge on any atom is 0.254 e. The van der Waals surface area contributed by atoms with E-state index in [1.807, 2.05) is 11.8 Å². The van der Waals surface area contributed by atoms with Gasteiger partial charge in [-0.05, 0) is 50.6 Å². The van der Waals surface area contributed by atoms with Crippen LogP contribution in [0.2, 0.25) is 0 Å². The fourth-order valence-electron chi connectivity index (χ4n) is 4.56. The Morgan fingerprint density at radius 3 is 2.16 bits per heavy atom. The minimum absolute atomic E-state index is 0.0734. The fraction of sp³-hybridized carbons (Fsp3) is 0.682. The van der Waals surface area contributed by atoms with Crippen molar-refractivity contribution in [3.63, 3.8) is 0 Å². The van der Waals surface area contributed by atoms with Crippen molar-refractivity contribution in [3.8, 4) is 0 Å². The number of morpholine rings is 1. The van der Waals surface area contributed by atoms with E-state index >= 15 is 0 Å². The number of nitrogens with zero attached hydrogens (tertiary/aromatic N) is 4. The molecular formula is C22H34N4O4S. The van der Waals surface area contributed by atoms with Crippen LogP contribution in [0.15, 0.2) is 23.1 Å². The minimum Gasteiger partial charge on any atom is -0.379 e. The summed E-state index contributed by atoms with van der Waals surface area (Å²) in [5, 5.41) is 0. The molecule has 0 aliphatic carbocycles. The molecule has 0 bridgehead atoms. The van der Waals surface area contributed by atoms with E-state index in [0.29, 0.717) is 45.0 Å². The fourth-order valence-corrected chi connectivity index (χ4v) is 6.00. The van der Waals surface area contributed by atoms with E-state index in [-0.39, 0.29) is 10.8 Å². The lowest BCUT2D eigenvalue weighted by atomic mass is 10.1. The highest BCUT2D eigenvalue weighted by Gasteiger charge is 2.29. The number of hydrogen-bond donors (Lipinski definition) is 0. The van der Waals surface area contributed by atoms with Crippen molar-refractivity contribution in [2.24, 2.45) is 0 Å². The maximum absolute atomic E-state index is 13.2. The minimum atomic E-state index is -3.62. The molecule has 0 spiro atoms. The zero-order valence-corrected chi connectivity index (χ0v) is 19.3. The largest absolute Gasteiger partial charge is 0.379 e. The normalized spacial score (nSPS) is 22.2. The Balaban J connectivity index is 1.38. The monoisotopic (exact) mass is 450 g/mol. The second-order valence-electron chi connectivity index (χ2n) is 8.68. The number of carbonyl (C=O) groups is 1. The topological polar surface area (TPSA) is 73.4 Å². The maximum atomic E-state index is 13.2. The molecule has 172 valence electrons. The summed E-state index contributed by atoms with van der Waals surface area (Å²) in [6.45, 7) is 11.0. The summed E-state index contributed by atoms with van der Waals surface area (Å²) < 4.78 is 32.7. The van der Waals surface area contributed by atoms with E-state index in [2.05, 4.69) is 9.80 Å². The van der Waals surface area contributed by atoms with Crippen LogP contribution in [-0.4, -0.2) is 112 Å². The summed E-state index contributed by atoms with van der Waals surface area (Å²) in [4.78, 5) is 20.2. The number of likely N-dealkylation sites (tertiary alicyclic amines) is 1. The van der Waals surface area contributed by atoms with Gasteiger partial charge in [0.1, 0.15) is 0 Å². The molecule has 1 amide bonds. The number of hydrogen-bond acceptors (Lipinski definition) is 6. The molecule has 9 heteroatoms. The first-order valence-corrected chi connectivity index (χ1v) is 12.8. The smallest absolute Gasteiger partial charge is 0.254 e. The van der Waals surface area contributed by atoms with Crippen molar-refractivity contribution in [1.82, 2.24) is 19.0 Å². The van der Waals surface area contributed by atoms with E-state index in [9.17, 15) is 13.2 Å². The molecule has 0 atom stereocenters. The highest BCUT2D eigenvalue weighted by Crippen LogP contribution is 2.22. The molecule has 3 aliphatic heterocycles. The van der Waals surface area contributed by atoms with Gasteiger partial charge < -0.3 is 14.5 Å². The van der Waals surface area contributed by atoms with Crippen LogP contribution in [0.3, 0.4) is 0 Å². The van der Waals surface area contributed by atoms with Crippen LogP contribution >= 0.6 is 0 Å². The van der Waals surface area contributed by atoms with Crippen molar-refractivity contribution < 1.29 is 17.9 Å². The molecule has 0 radical (unpaired) electrons. The second-order valence-corrected chi connectivity index (χ2v) is 10.6. The summed E-state index contributed by atoms with van der Waals surface area (Å²) in [7, 11) is -3.62. The third-order valence-electron chi connectivity index (χ3n) is 6.64. The standard InChI is InChI=1S/C22H34N4O4S/c1-19-4-5-20(31(28,29)26-14-16-30-17-15-26)18-21(19)22(27)25-12-10-24(11-13-25)9-8-23-6-2-3-7-23/h4-5,18H,2-3,6-17H2,1H3. The summed E-state index contributed by atoms with van der Waals surface area (Å²) >= 11 is 0. The average Bonchev–Trinajstić information content (AvgIpc) is 3.32. The highest BCUT2D eigenvalue weighted by molar-refractivity contribution is 7.89. The van der Waals surface area contributed by atoms with E-state index in [1.54, 1.807) is 18.2 Å². The first-order chi connectivity index (χ1) is 14.9. The Kier molecular flexibility index (Phi) is 7.28.